The normalized spacial score (nSPS) is 10.3. The number of benzene rings is 2. The molecule has 0 saturated heterocycles. The van der Waals surface area contributed by atoms with Crippen LogP contribution in [-0.2, 0) is 0 Å². The zero-order valence-corrected chi connectivity index (χ0v) is 10.1. The summed E-state index contributed by atoms with van der Waals surface area (Å²) in [5, 5.41) is 0. The summed E-state index contributed by atoms with van der Waals surface area (Å²) >= 11 is 0. The number of hydrogen-bond donors (Lipinski definition) is 1. The molecule has 0 spiro atoms. The van der Waals surface area contributed by atoms with Crippen LogP contribution in [0.5, 0.6) is 11.5 Å². The summed E-state index contributed by atoms with van der Waals surface area (Å²) in [5.74, 6) is -1.58. The summed E-state index contributed by atoms with van der Waals surface area (Å²) in [6.45, 7) is 1.36. The molecule has 0 atom stereocenters. The Kier molecular flexibility index (Phi) is 3.46. The molecule has 2 aromatic rings. The number of rotatable bonds is 3. The predicted molar refractivity (Wildman–Crippen MR) is 67.3 cm³/mol. The Morgan fingerprint density at radius 1 is 1.16 bits per heavy atom. The van der Waals surface area contributed by atoms with Gasteiger partial charge in [0.1, 0.15) is 11.6 Å². The van der Waals surface area contributed by atoms with Crippen molar-refractivity contribution in [2.45, 2.75) is 6.92 Å². The minimum atomic E-state index is -0.692. The first-order chi connectivity index (χ1) is 8.97. The molecule has 0 aliphatic rings. The molecule has 0 amide bonds. The topological polar surface area (TPSA) is 52.3 Å². The van der Waals surface area contributed by atoms with E-state index in [2.05, 4.69) is 0 Å². The van der Waals surface area contributed by atoms with Crippen molar-refractivity contribution < 1.29 is 18.3 Å². The zero-order valence-electron chi connectivity index (χ0n) is 10.1. The lowest BCUT2D eigenvalue weighted by molar-refractivity contribution is 0.101. The van der Waals surface area contributed by atoms with Gasteiger partial charge in [-0.3, -0.25) is 4.79 Å². The number of anilines is 1. The van der Waals surface area contributed by atoms with E-state index < -0.39 is 11.6 Å². The lowest BCUT2D eigenvalue weighted by Gasteiger charge is -2.09. The molecule has 5 heteroatoms. The molecule has 98 valence electrons. The first-order valence-electron chi connectivity index (χ1n) is 5.51. The second-order valence-corrected chi connectivity index (χ2v) is 3.98. The van der Waals surface area contributed by atoms with Crippen LogP contribution in [-0.4, -0.2) is 5.78 Å². The minimum Gasteiger partial charge on any atom is -0.454 e. The Morgan fingerprint density at radius 2 is 1.89 bits per heavy atom. The van der Waals surface area contributed by atoms with Crippen molar-refractivity contribution in [2.24, 2.45) is 0 Å². The summed E-state index contributed by atoms with van der Waals surface area (Å²) in [4.78, 5) is 11.3. The molecule has 0 aliphatic carbocycles. The van der Waals surface area contributed by atoms with Crippen LogP contribution in [0.4, 0.5) is 14.5 Å². The molecule has 3 nitrogen and oxygen atoms in total. The summed E-state index contributed by atoms with van der Waals surface area (Å²) in [6, 6.07) is 7.23. The van der Waals surface area contributed by atoms with E-state index in [-0.39, 0.29) is 22.8 Å². The Morgan fingerprint density at radius 3 is 2.58 bits per heavy atom. The minimum absolute atomic E-state index is 0.212. The van der Waals surface area contributed by atoms with Gasteiger partial charge in [-0.25, -0.2) is 8.78 Å². The van der Waals surface area contributed by atoms with Gasteiger partial charge in [0.05, 0.1) is 0 Å². The first-order valence-corrected chi connectivity index (χ1v) is 5.51. The maximum absolute atomic E-state index is 13.4. The van der Waals surface area contributed by atoms with Crippen molar-refractivity contribution in [1.29, 1.82) is 0 Å². The van der Waals surface area contributed by atoms with Gasteiger partial charge in [-0.2, -0.15) is 0 Å². The van der Waals surface area contributed by atoms with Crippen LogP contribution in [0.2, 0.25) is 0 Å². The van der Waals surface area contributed by atoms with Gasteiger partial charge >= 0.3 is 0 Å². The molecule has 0 saturated carbocycles. The van der Waals surface area contributed by atoms with E-state index in [1.54, 1.807) is 0 Å². The van der Waals surface area contributed by atoms with Crippen LogP contribution in [0.25, 0.3) is 0 Å². The van der Waals surface area contributed by atoms with Crippen LogP contribution >= 0.6 is 0 Å². The molecule has 0 aliphatic heterocycles. The van der Waals surface area contributed by atoms with Crippen LogP contribution in [0, 0.1) is 11.6 Å². The maximum atomic E-state index is 13.4. The third-order valence-electron chi connectivity index (χ3n) is 2.53. The third-order valence-corrected chi connectivity index (χ3v) is 2.53. The highest BCUT2D eigenvalue weighted by Gasteiger charge is 2.10. The van der Waals surface area contributed by atoms with Gasteiger partial charge in [-0.15, -0.1) is 0 Å². The standard InChI is InChI=1S/C14H11F2NO2/c1-8(18)11-7-10(3-5-13(11)17)19-14-6-9(15)2-4-12(14)16/h2-7H,17H2,1H3. The van der Waals surface area contributed by atoms with Crippen molar-refractivity contribution >= 4 is 11.5 Å². The Hall–Kier alpha value is -2.43. The number of ether oxygens (including phenoxy) is 1. The highest BCUT2D eigenvalue weighted by Crippen LogP contribution is 2.27. The average molecular weight is 263 g/mol. The molecule has 0 unspecified atom stereocenters. The number of carbonyl (C=O) groups is 1. The second kappa shape index (κ2) is 5.06. The number of Topliss-reactive ketones (excluding diaryl/α,β-unsaturated/α-hetero) is 1. The van der Waals surface area contributed by atoms with Crippen LogP contribution in [0.1, 0.15) is 17.3 Å². The monoisotopic (exact) mass is 263 g/mol. The molecule has 0 heterocycles. The van der Waals surface area contributed by atoms with Crippen LogP contribution in [0.3, 0.4) is 0 Å². The van der Waals surface area contributed by atoms with Crippen molar-refractivity contribution in [1.82, 2.24) is 0 Å². The lowest BCUT2D eigenvalue weighted by Crippen LogP contribution is -2.00. The van der Waals surface area contributed by atoms with Gasteiger partial charge in [-0.05, 0) is 37.3 Å². The summed E-state index contributed by atoms with van der Waals surface area (Å²) < 4.78 is 31.6. The first kappa shape index (κ1) is 13.0. The molecule has 2 aromatic carbocycles. The Balaban J connectivity index is 2.36. The van der Waals surface area contributed by atoms with Crippen LogP contribution < -0.4 is 10.5 Å². The van der Waals surface area contributed by atoms with E-state index in [1.807, 2.05) is 0 Å². The van der Waals surface area contributed by atoms with E-state index in [9.17, 15) is 13.6 Å². The van der Waals surface area contributed by atoms with Gasteiger partial charge in [-0.1, -0.05) is 0 Å². The fourth-order valence-corrected chi connectivity index (χ4v) is 1.59. The average Bonchev–Trinajstić information content (AvgIpc) is 2.36. The summed E-state index contributed by atoms with van der Waals surface area (Å²) in [7, 11) is 0. The van der Waals surface area contributed by atoms with Gasteiger partial charge in [0.15, 0.2) is 17.3 Å². The SMILES string of the molecule is CC(=O)c1cc(Oc2cc(F)ccc2F)ccc1N. The van der Waals surface area contributed by atoms with E-state index in [4.69, 9.17) is 10.5 Å². The van der Waals surface area contributed by atoms with Gasteiger partial charge in [0.25, 0.3) is 0 Å². The smallest absolute Gasteiger partial charge is 0.165 e. The molecule has 2 N–H and O–H groups in total. The molecule has 19 heavy (non-hydrogen) atoms. The molecule has 2 rings (SSSR count). The van der Waals surface area contributed by atoms with E-state index in [1.165, 1.54) is 25.1 Å². The lowest BCUT2D eigenvalue weighted by atomic mass is 10.1. The van der Waals surface area contributed by atoms with E-state index in [0.29, 0.717) is 5.69 Å². The molecular formula is C14H11F2NO2. The molecule has 0 fully saturated rings. The molecule has 0 aromatic heterocycles. The summed E-state index contributed by atoms with van der Waals surface area (Å²) in [6.07, 6.45) is 0. The van der Waals surface area contributed by atoms with E-state index >= 15 is 0 Å². The Labute approximate surface area is 108 Å². The van der Waals surface area contributed by atoms with Crippen molar-refractivity contribution in [3.05, 3.63) is 53.6 Å². The van der Waals surface area contributed by atoms with Gasteiger partial charge < -0.3 is 10.5 Å². The second-order valence-electron chi connectivity index (χ2n) is 3.98. The highest BCUT2D eigenvalue weighted by atomic mass is 19.1. The predicted octanol–water partition coefficient (Wildman–Crippen LogP) is 3.54. The quantitative estimate of drug-likeness (QED) is 0.680. The Bertz CT molecular complexity index is 641. The maximum Gasteiger partial charge on any atom is 0.165 e. The van der Waals surface area contributed by atoms with Gasteiger partial charge in [0, 0.05) is 17.3 Å². The zero-order chi connectivity index (χ0) is 14.0. The number of halogens is 2. The fourth-order valence-electron chi connectivity index (χ4n) is 1.59. The largest absolute Gasteiger partial charge is 0.454 e. The summed E-state index contributed by atoms with van der Waals surface area (Å²) in [5.41, 5.74) is 6.20. The molecular weight excluding hydrogens is 252 g/mol. The number of hydrogen-bond acceptors (Lipinski definition) is 3. The number of nitrogen functional groups attached to an aromatic ring is 1. The highest BCUT2D eigenvalue weighted by molar-refractivity contribution is 5.99. The number of nitrogens with two attached hydrogens (primary N) is 1. The molecule has 0 bridgehead atoms. The number of ketones is 1. The number of carbonyl (C=O) groups excluding carboxylic acids is 1. The fraction of sp³-hybridized carbons (Fsp3) is 0.0714. The van der Waals surface area contributed by atoms with Crippen molar-refractivity contribution in [2.75, 3.05) is 5.73 Å². The van der Waals surface area contributed by atoms with Crippen molar-refractivity contribution in [3.63, 3.8) is 0 Å². The van der Waals surface area contributed by atoms with Crippen molar-refractivity contribution in [3.8, 4) is 11.5 Å². The molecule has 0 radical (unpaired) electrons. The van der Waals surface area contributed by atoms with E-state index in [0.717, 1.165) is 18.2 Å². The van der Waals surface area contributed by atoms with Gasteiger partial charge in [0.2, 0.25) is 0 Å². The third kappa shape index (κ3) is 2.88. The van der Waals surface area contributed by atoms with Crippen LogP contribution in [0.15, 0.2) is 36.4 Å².